The Kier molecular flexibility index (Phi) is 9.70. The van der Waals surface area contributed by atoms with Crippen LogP contribution >= 0.6 is 11.6 Å². The van der Waals surface area contributed by atoms with Crippen molar-refractivity contribution in [3.63, 3.8) is 0 Å². The van der Waals surface area contributed by atoms with Crippen LogP contribution in [0.3, 0.4) is 0 Å². The molecule has 0 amide bonds. The summed E-state index contributed by atoms with van der Waals surface area (Å²) >= 11 is 5.60. The summed E-state index contributed by atoms with van der Waals surface area (Å²) in [6, 6.07) is 9.32. The van der Waals surface area contributed by atoms with Gasteiger partial charge in [0.05, 0.1) is 13.7 Å². The molecular formula is C22H29ClO9. The van der Waals surface area contributed by atoms with Crippen molar-refractivity contribution in [1.29, 1.82) is 0 Å². The molecule has 0 spiro atoms. The molecule has 6 atom stereocenters. The van der Waals surface area contributed by atoms with Gasteiger partial charge in [-0.05, 0) is 12.8 Å². The summed E-state index contributed by atoms with van der Waals surface area (Å²) in [6.45, 7) is 0.468. The van der Waals surface area contributed by atoms with Gasteiger partial charge in [0, 0.05) is 18.6 Å². The molecule has 0 aromatic heterocycles. The third-order valence-electron chi connectivity index (χ3n) is 5.29. The number of rotatable bonds is 10. The van der Waals surface area contributed by atoms with Crippen molar-refractivity contribution in [1.82, 2.24) is 0 Å². The van der Waals surface area contributed by atoms with Crippen LogP contribution in [0.4, 0.5) is 0 Å². The van der Waals surface area contributed by atoms with Crippen molar-refractivity contribution in [2.24, 2.45) is 0 Å². The minimum Gasteiger partial charge on any atom is -0.469 e. The fourth-order valence-electron chi connectivity index (χ4n) is 3.65. The number of ether oxygens (including phenoxy) is 6. The molecule has 0 radical (unpaired) electrons. The van der Waals surface area contributed by atoms with Crippen molar-refractivity contribution in [2.45, 2.75) is 62.7 Å². The van der Waals surface area contributed by atoms with Crippen molar-refractivity contribution in [3.05, 3.63) is 35.9 Å². The average molecular weight is 473 g/mol. The second-order valence-corrected chi connectivity index (χ2v) is 7.82. The number of aliphatic hydroxyl groups is 1. The number of carbonyl (C=O) groups is 2. The van der Waals surface area contributed by atoms with Gasteiger partial charge in [-0.25, -0.2) is 0 Å². The molecule has 9 nitrogen and oxygen atoms in total. The van der Waals surface area contributed by atoms with Crippen LogP contribution in [0.5, 0.6) is 0 Å². The summed E-state index contributed by atoms with van der Waals surface area (Å²) in [7, 11) is 1.36. The Hall–Kier alpha value is -1.75. The quantitative estimate of drug-likeness (QED) is 0.311. The van der Waals surface area contributed by atoms with E-state index in [0.717, 1.165) is 12.0 Å². The Bertz CT molecular complexity index is 731. The largest absolute Gasteiger partial charge is 0.469 e. The van der Waals surface area contributed by atoms with E-state index in [9.17, 15) is 14.7 Å². The molecule has 1 N–H and O–H groups in total. The second-order valence-electron chi connectivity index (χ2n) is 7.56. The van der Waals surface area contributed by atoms with Gasteiger partial charge >= 0.3 is 11.9 Å². The number of halogens is 1. The zero-order valence-corrected chi connectivity index (χ0v) is 18.6. The topological polar surface area (TPSA) is 110 Å². The highest BCUT2D eigenvalue weighted by Crippen LogP contribution is 2.35. The van der Waals surface area contributed by atoms with Crippen LogP contribution in [0, 0.1) is 0 Å². The molecule has 0 bridgehead atoms. The van der Waals surface area contributed by atoms with Gasteiger partial charge in [0.15, 0.2) is 18.7 Å². The summed E-state index contributed by atoms with van der Waals surface area (Å²) in [5, 5.41) is 10.8. The predicted octanol–water partition coefficient (Wildman–Crippen LogP) is 2.09. The molecule has 10 heteroatoms. The van der Waals surface area contributed by atoms with E-state index in [1.165, 1.54) is 7.11 Å². The summed E-state index contributed by atoms with van der Waals surface area (Å²) < 4.78 is 33.4. The van der Waals surface area contributed by atoms with Gasteiger partial charge in [0.2, 0.25) is 0 Å². The first-order valence-corrected chi connectivity index (χ1v) is 11.2. The Labute approximate surface area is 191 Å². The van der Waals surface area contributed by atoms with Crippen molar-refractivity contribution in [2.75, 3.05) is 26.2 Å². The number of unbranched alkanes of at least 4 members (excludes halogenated alkanes) is 2. The van der Waals surface area contributed by atoms with E-state index in [0.29, 0.717) is 25.9 Å². The average Bonchev–Trinajstić information content (AvgIpc) is 2.83. The second kappa shape index (κ2) is 12.5. The molecule has 2 saturated heterocycles. The lowest BCUT2D eigenvalue weighted by Crippen LogP contribution is -2.63. The van der Waals surface area contributed by atoms with E-state index < -0.39 is 43.0 Å². The highest BCUT2D eigenvalue weighted by atomic mass is 35.5. The number of hydrogen-bond acceptors (Lipinski definition) is 9. The Morgan fingerprint density at radius 1 is 1.12 bits per heavy atom. The van der Waals surface area contributed by atoms with Gasteiger partial charge in [0.25, 0.3) is 0 Å². The molecule has 1 aromatic rings. The molecule has 3 rings (SSSR count). The maximum absolute atomic E-state index is 11.9. The first-order chi connectivity index (χ1) is 15.5. The van der Waals surface area contributed by atoms with Crippen LogP contribution in [0.2, 0.25) is 0 Å². The van der Waals surface area contributed by atoms with E-state index in [2.05, 4.69) is 4.74 Å². The normalized spacial score (nSPS) is 29.7. The van der Waals surface area contributed by atoms with Gasteiger partial charge in [-0.3, -0.25) is 9.59 Å². The van der Waals surface area contributed by atoms with Crippen molar-refractivity contribution < 1.29 is 43.1 Å². The fourth-order valence-corrected chi connectivity index (χ4v) is 3.71. The number of methoxy groups -OCH3 is 1. The van der Waals surface area contributed by atoms with Gasteiger partial charge in [0.1, 0.15) is 24.2 Å². The highest BCUT2D eigenvalue weighted by Gasteiger charge is 2.51. The molecule has 1 aromatic carbocycles. The molecule has 6 unspecified atom stereocenters. The van der Waals surface area contributed by atoms with Crippen LogP contribution in [0.25, 0.3) is 0 Å². The number of carbonyl (C=O) groups excluding carboxylic acids is 2. The zero-order valence-electron chi connectivity index (χ0n) is 17.9. The summed E-state index contributed by atoms with van der Waals surface area (Å²) in [6.07, 6.45) is -2.93. The van der Waals surface area contributed by atoms with E-state index in [-0.39, 0.29) is 18.5 Å². The zero-order chi connectivity index (χ0) is 22.9. The van der Waals surface area contributed by atoms with Crippen molar-refractivity contribution >= 4 is 23.5 Å². The first kappa shape index (κ1) is 24.9. The van der Waals surface area contributed by atoms with E-state index >= 15 is 0 Å². The lowest BCUT2D eigenvalue weighted by molar-refractivity contribution is -0.361. The molecule has 2 aliphatic heterocycles. The Balaban J connectivity index is 1.58. The minimum absolute atomic E-state index is 0.171. The SMILES string of the molecule is COC(=O)CCCCCOC1OC2COC(c3ccccc3)OC2C(OC(=O)CCl)C1O. The fraction of sp³-hybridized carbons (Fsp3) is 0.636. The molecule has 2 fully saturated rings. The smallest absolute Gasteiger partial charge is 0.321 e. The van der Waals surface area contributed by atoms with Gasteiger partial charge in [-0.15, -0.1) is 11.6 Å². The molecular weight excluding hydrogens is 444 g/mol. The molecule has 2 aliphatic rings. The maximum Gasteiger partial charge on any atom is 0.321 e. The van der Waals surface area contributed by atoms with E-state index in [4.69, 9.17) is 35.3 Å². The molecule has 0 saturated carbocycles. The monoisotopic (exact) mass is 472 g/mol. The predicted molar refractivity (Wildman–Crippen MR) is 112 cm³/mol. The molecule has 2 heterocycles. The van der Waals surface area contributed by atoms with Gasteiger partial charge in [-0.2, -0.15) is 0 Å². The standard InChI is InChI=1S/C22H29ClO9/c1-27-16(24)10-6-3-7-11-28-22-18(26)20(31-17(25)12-23)19-15(30-22)13-29-21(32-19)14-8-4-2-5-9-14/h2,4-5,8-9,15,18-22,26H,3,6-7,10-13H2,1H3. The third-order valence-corrected chi connectivity index (χ3v) is 5.51. The Morgan fingerprint density at radius 3 is 2.62 bits per heavy atom. The summed E-state index contributed by atoms with van der Waals surface area (Å²) in [5.41, 5.74) is 0.799. The molecule has 0 aliphatic carbocycles. The minimum atomic E-state index is -1.27. The van der Waals surface area contributed by atoms with Crippen LogP contribution in [-0.2, 0) is 38.0 Å². The highest BCUT2D eigenvalue weighted by molar-refractivity contribution is 6.26. The van der Waals surface area contributed by atoms with Crippen LogP contribution in [0.1, 0.15) is 37.5 Å². The number of hydrogen-bond donors (Lipinski definition) is 1. The van der Waals surface area contributed by atoms with E-state index in [1.807, 2.05) is 30.3 Å². The molecule has 178 valence electrons. The maximum atomic E-state index is 11.9. The third kappa shape index (κ3) is 6.63. The van der Waals surface area contributed by atoms with Crippen LogP contribution in [-0.4, -0.2) is 74.0 Å². The molecule has 32 heavy (non-hydrogen) atoms. The number of alkyl halides is 1. The number of aliphatic hydroxyl groups excluding tert-OH is 1. The first-order valence-electron chi connectivity index (χ1n) is 10.6. The Morgan fingerprint density at radius 2 is 1.91 bits per heavy atom. The number of esters is 2. The lowest BCUT2D eigenvalue weighted by atomic mass is 9.97. The van der Waals surface area contributed by atoms with E-state index in [1.54, 1.807) is 0 Å². The summed E-state index contributed by atoms with van der Waals surface area (Å²) in [5.74, 6) is -1.28. The van der Waals surface area contributed by atoms with Gasteiger partial charge in [-0.1, -0.05) is 36.8 Å². The lowest BCUT2D eigenvalue weighted by Gasteiger charge is -2.47. The van der Waals surface area contributed by atoms with Crippen LogP contribution < -0.4 is 0 Å². The number of fused-ring (bicyclic) bond motifs is 1. The van der Waals surface area contributed by atoms with Crippen molar-refractivity contribution in [3.8, 4) is 0 Å². The van der Waals surface area contributed by atoms with Crippen LogP contribution in [0.15, 0.2) is 30.3 Å². The van der Waals surface area contributed by atoms with Gasteiger partial charge < -0.3 is 33.5 Å². The summed E-state index contributed by atoms with van der Waals surface area (Å²) in [4.78, 5) is 23.0. The number of benzene rings is 1.